The summed E-state index contributed by atoms with van der Waals surface area (Å²) in [4.78, 5) is 0. The summed E-state index contributed by atoms with van der Waals surface area (Å²) in [6.07, 6.45) is 5.29. The van der Waals surface area contributed by atoms with E-state index in [-0.39, 0.29) is 5.41 Å². The molecule has 0 saturated carbocycles. The molecule has 58 valence electrons. The molecule has 0 rings (SSSR count). The SMILES string of the molecule is C=CC(C)(C)CC(C)=CC. The van der Waals surface area contributed by atoms with E-state index in [4.69, 9.17) is 0 Å². The largest absolute Gasteiger partial charge is 0.103 e. The van der Waals surface area contributed by atoms with Gasteiger partial charge in [-0.15, -0.1) is 6.58 Å². The van der Waals surface area contributed by atoms with Gasteiger partial charge in [0.2, 0.25) is 0 Å². The summed E-state index contributed by atoms with van der Waals surface area (Å²) in [5, 5.41) is 0. The number of hydrogen-bond donors (Lipinski definition) is 0. The molecule has 0 nitrogen and oxygen atoms in total. The zero-order chi connectivity index (χ0) is 8.20. The number of allylic oxidation sites excluding steroid dienone is 3. The molecule has 0 aromatic carbocycles. The van der Waals surface area contributed by atoms with Gasteiger partial charge in [0.15, 0.2) is 0 Å². The van der Waals surface area contributed by atoms with Crippen molar-refractivity contribution in [2.24, 2.45) is 5.41 Å². The highest BCUT2D eigenvalue weighted by atomic mass is 14.2. The monoisotopic (exact) mass is 138 g/mol. The molecule has 0 bridgehead atoms. The van der Waals surface area contributed by atoms with Crippen molar-refractivity contribution in [1.82, 2.24) is 0 Å². The molecule has 0 fully saturated rings. The van der Waals surface area contributed by atoms with Crippen LogP contribution < -0.4 is 0 Å². The standard InChI is InChI=1S/C10H18/c1-6-9(3)8-10(4,5)7-2/h6-7H,2,8H2,1,3-5H3. The van der Waals surface area contributed by atoms with Crippen molar-refractivity contribution >= 4 is 0 Å². The van der Waals surface area contributed by atoms with Crippen LogP contribution >= 0.6 is 0 Å². The molecule has 0 aliphatic carbocycles. The average Bonchev–Trinajstić information content (AvgIpc) is 1.87. The Morgan fingerprint density at radius 2 is 2.00 bits per heavy atom. The minimum absolute atomic E-state index is 0.261. The van der Waals surface area contributed by atoms with Gasteiger partial charge in [0.25, 0.3) is 0 Å². The Labute approximate surface area is 64.6 Å². The molecule has 0 aromatic heterocycles. The molecule has 0 radical (unpaired) electrons. The predicted octanol–water partition coefficient (Wildman–Crippen LogP) is 3.55. The number of rotatable bonds is 3. The second-order valence-corrected chi connectivity index (χ2v) is 3.50. The summed E-state index contributed by atoms with van der Waals surface area (Å²) in [6.45, 7) is 12.4. The lowest BCUT2D eigenvalue weighted by Crippen LogP contribution is -2.06. The molecule has 0 aromatic rings. The lowest BCUT2D eigenvalue weighted by molar-refractivity contribution is 0.476. The van der Waals surface area contributed by atoms with Crippen LogP contribution in [0.3, 0.4) is 0 Å². The van der Waals surface area contributed by atoms with E-state index in [1.807, 2.05) is 6.08 Å². The van der Waals surface area contributed by atoms with Gasteiger partial charge < -0.3 is 0 Å². The fourth-order valence-corrected chi connectivity index (χ4v) is 0.893. The van der Waals surface area contributed by atoms with Crippen molar-refractivity contribution in [2.75, 3.05) is 0 Å². The highest BCUT2D eigenvalue weighted by Crippen LogP contribution is 2.25. The third-order valence-electron chi connectivity index (χ3n) is 1.78. The normalized spacial score (nSPS) is 13.4. The van der Waals surface area contributed by atoms with Crippen molar-refractivity contribution < 1.29 is 0 Å². The van der Waals surface area contributed by atoms with Gasteiger partial charge in [-0.05, 0) is 25.7 Å². The maximum absolute atomic E-state index is 3.79. The summed E-state index contributed by atoms with van der Waals surface area (Å²) < 4.78 is 0. The van der Waals surface area contributed by atoms with E-state index in [1.54, 1.807) is 0 Å². The summed E-state index contributed by atoms with van der Waals surface area (Å²) >= 11 is 0. The van der Waals surface area contributed by atoms with Gasteiger partial charge in [0, 0.05) is 0 Å². The van der Waals surface area contributed by atoms with Crippen LogP contribution in [0.15, 0.2) is 24.3 Å². The zero-order valence-electron chi connectivity index (χ0n) is 7.57. The maximum Gasteiger partial charge on any atom is -0.0140 e. The molecule has 0 heteroatoms. The molecule has 0 aliphatic rings. The molecule has 0 spiro atoms. The highest BCUT2D eigenvalue weighted by Gasteiger charge is 2.12. The molecule has 0 saturated heterocycles. The maximum atomic E-state index is 3.79. The lowest BCUT2D eigenvalue weighted by atomic mass is 9.86. The molecule has 0 aliphatic heterocycles. The fourth-order valence-electron chi connectivity index (χ4n) is 0.893. The molecular formula is C10H18. The van der Waals surface area contributed by atoms with Crippen molar-refractivity contribution in [3.63, 3.8) is 0 Å². The second-order valence-electron chi connectivity index (χ2n) is 3.50. The second kappa shape index (κ2) is 3.60. The van der Waals surface area contributed by atoms with Gasteiger partial charge in [-0.2, -0.15) is 0 Å². The van der Waals surface area contributed by atoms with E-state index in [0.29, 0.717) is 0 Å². The van der Waals surface area contributed by atoms with Crippen LogP contribution in [0.1, 0.15) is 34.1 Å². The van der Waals surface area contributed by atoms with Gasteiger partial charge in [0.05, 0.1) is 0 Å². The molecule has 0 amide bonds. The molecule has 10 heavy (non-hydrogen) atoms. The average molecular weight is 138 g/mol. The van der Waals surface area contributed by atoms with Crippen LogP contribution in [-0.2, 0) is 0 Å². The Hall–Kier alpha value is -0.520. The van der Waals surface area contributed by atoms with Gasteiger partial charge >= 0.3 is 0 Å². The first kappa shape index (κ1) is 9.48. The van der Waals surface area contributed by atoms with E-state index in [9.17, 15) is 0 Å². The van der Waals surface area contributed by atoms with E-state index < -0.39 is 0 Å². The van der Waals surface area contributed by atoms with E-state index in [0.717, 1.165) is 6.42 Å². The Kier molecular flexibility index (Phi) is 3.41. The van der Waals surface area contributed by atoms with Crippen LogP contribution in [0.4, 0.5) is 0 Å². The summed E-state index contributed by atoms with van der Waals surface area (Å²) in [5.41, 5.74) is 1.70. The quantitative estimate of drug-likeness (QED) is 0.523. The first-order chi connectivity index (χ1) is 4.52. The Morgan fingerprint density at radius 1 is 1.50 bits per heavy atom. The molecule has 0 N–H and O–H groups in total. The van der Waals surface area contributed by atoms with Gasteiger partial charge in [-0.1, -0.05) is 31.6 Å². The van der Waals surface area contributed by atoms with Crippen molar-refractivity contribution in [2.45, 2.75) is 34.1 Å². The van der Waals surface area contributed by atoms with Crippen molar-refractivity contribution in [3.8, 4) is 0 Å². The van der Waals surface area contributed by atoms with E-state index >= 15 is 0 Å². The molecule has 0 unspecified atom stereocenters. The highest BCUT2D eigenvalue weighted by molar-refractivity contribution is 5.03. The van der Waals surface area contributed by atoms with Gasteiger partial charge in [0.1, 0.15) is 0 Å². The topological polar surface area (TPSA) is 0 Å². The van der Waals surface area contributed by atoms with Gasteiger partial charge in [-0.25, -0.2) is 0 Å². The molecule has 0 heterocycles. The lowest BCUT2D eigenvalue weighted by Gasteiger charge is -2.19. The Bertz CT molecular complexity index is 138. The minimum Gasteiger partial charge on any atom is -0.103 e. The van der Waals surface area contributed by atoms with Crippen molar-refractivity contribution in [3.05, 3.63) is 24.3 Å². The Morgan fingerprint density at radius 3 is 2.30 bits per heavy atom. The summed E-state index contributed by atoms with van der Waals surface area (Å²) in [5.74, 6) is 0. The third-order valence-corrected chi connectivity index (χ3v) is 1.78. The summed E-state index contributed by atoms with van der Waals surface area (Å²) in [7, 11) is 0. The van der Waals surface area contributed by atoms with E-state index in [1.165, 1.54) is 5.57 Å². The molecule has 0 atom stereocenters. The Balaban J connectivity index is 4.01. The smallest absolute Gasteiger partial charge is 0.0140 e. The fraction of sp³-hybridized carbons (Fsp3) is 0.600. The minimum atomic E-state index is 0.261. The van der Waals surface area contributed by atoms with Crippen molar-refractivity contribution in [1.29, 1.82) is 0 Å². The first-order valence-electron chi connectivity index (χ1n) is 3.77. The predicted molar refractivity (Wildman–Crippen MR) is 48.0 cm³/mol. The summed E-state index contributed by atoms with van der Waals surface area (Å²) in [6, 6.07) is 0. The number of hydrogen-bond acceptors (Lipinski definition) is 0. The van der Waals surface area contributed by atoms with Crippen LogP contribution in [-0.4, -0.2) is 0 Å². The van der Waals surface area contributed by atoms with E-state index in [2.05, 4.69) is 40.3 Å². The third kappa shape index (κ3) is 3.49. The van der Waals surface area contributed by atoms with Gasteiger partial charge in [-0.3, -0.25) is 0 Å². The first-order valence-corrected chi connectivity index (χ1v) is 3.77. The van der Waals surface area contributed by atoms with Crippen LogP contribution in [0, 0.1) is 5.41 Å². The van der Waals surface area contributed by atoms with Crippen LogP contribution in [0.5, 0.6) is 0 Å². The zero-order valence-corrected chi connectivity index (χ0v) is 7.57. The molecular weight excluding hydrogens is 120 g/mol. The van der Waals surface area contributed by atoms with Crippen LogP contribution in [0.25, 0.3) is 0 Å². The van der Waals surface area contributed by atoms with Crippen LogP contribution in [0.2, 0.25) is 0 Å².